The maximum Gasteiger partial charge on any atom is 0.230 e. The number of hydrogen-bond donors (Lipinski definition) is 1. The summed E-state index contributed by atoms with van der Waals surface area (Å²) in [5.41, 5.74) is 9.00. The number of nitrogens with two attached hydrogens (primary N) is 1. The van der Waals surface area contributed by atoms with Crippen molar-refractivity contribution in [3.05, 3.63) is 17.0 Å². The minimum absolute atomic E-state index is 0.141. The molecule has 1 amide bonds. The molecule has 0 radical (unpaired) electrons. The lowest BCUT2D eigenvalue weighted by atomic mass is 9.78. The third-order valence-corrected chi connectivity index (χ3v) is 5.71. The first-order chi connectivity index (χ1) is 11.0. The van der Waals surface area contributed by atoms with Gasteiger partial charge < -0.3 is 15.4 Å². The van der Waals surface area contributed by atoms with E-state index in [0.29, 0.717) is 19.8 Å². The number of amides is 1. The molecule has 0 aromatic carbocycles. The van der Waals surface area contributed by atoms with Crippen molar-refractivity contribution in [2.24, 2.45) is 18.2 Å². The summed E-state index contributed by atoms with van der Waals surface area (Å²) < 4.78 is 7.37. The van der Waals surface area contributed by atoms with Crippen molar-refractivity contribution in [3.8, 4) is 0 Å². The topological polar surface area (TPSA) is 73.4 Å². The van der Waals surface area contributed by atoms with E-state index in [1.54, 1.807) is 0 Å². The second-order valence-electron chi connectivity index (χ2n) is 6.96. The molecule has 3 rings (SSSR count). The van der Waals surface area contributed by atoms with E-state index in [2.05, 4.69) is 16.9 Å². The summed E-state index contributed by atoms with van der Waals surface area (Å²) in [7, 11) is 1.97. The molecule has 1 aromatic heterocycles. The van der Waals surface area contributed by atoms with Gasteiger partial charge in [-0.3, -0.25) is 9.48 Å². The fourth-order valence-electron chi connectivity index (χ4n) is 4.15. The maximum absolute atomic E-state index is 13.3. The monoisotopic (exact) mass is 320 g/mol. The van der Waals surface area contributed by atoms with Gasteiger partial charge in [0.25, 0.3) is 0 Å². The second-order valence-corrected chi connectivity index (χ2v) is 6.96. The zero-order valence-corrected chi connectivity index (χ0v) is 14.5. The van der Waals surface area contributed by atoms with Crippen LogP contribution < -0.4 is 5.73 Å². The number of hydrogen-bond acceptors (Lipinski definition) is 4. The molecule has 6 nitrogen and oxygen atoms in total. The van der Waals surface area contributed by atoms with E-state index in [1.165, 1.54) is 5.56 Å². The third-order valence-electron chi connectivity index (χ3n) is 5.71. The van der Waals surface area contributed by atoms with Crippen LogP contribution in [0.1, 0.15) is 48.7 Å². The number of carbonyl (C=O) groups excluding carboxylic acids is 1. The molecular formula is C17H28N4O2. The summed E-state index contributed by atoms with van der Waals surface area (Å²) >= 11 is 0. The predicted octanol–water partition coefficient (Wildman–Crippen LogP) is 1.46. The van der Waals surface area contributed by atoms with Gasteiger partial charge >= 0.3 is 0 Å². The molecule has 3 heterocycles. The highest BCUT2D eigenvalue weighted by Crippen LogP contribution is 2.40. The summed E-state index contributed by atoms with van der Waals surface area (Å²) in [4.78, 5) is 15.4. The minimum Gasteiger partial charge on any atom is -0.381 e. The van der Waals surface area contributed by atoms with Crippen LogP contribution in [0.15, 0.2) is 0 Å². The van der Waals surface area contributed by atoms with Crippen molar-refractivity contribution in [2.75, 3.05) is 26.3 Å². The second kappa shape index (κ2) is 6.24. The van der Waals surface area contributed by atoms with Crippen molar-refractivity contribution >= 4 is 5.91 Å². The van der Waals surface area contributed by atoms with Crippen LogP contribution in [0, 0.1) is 19.3 Å². The maximum atomic E-state index is 13.3. The summed E-state index contributed by atoms with van der Waals surface area (Å²) in [6, 6.07) is 0.141. The van der Waals surface area contributed by atoms with Crippen molar-refractivity contribution in [1.29, 1.82) is 0 Å². The number of ether oxygens (including phenoxy) is 1. The molecule has 128 valence electrons. The van der Waals surface area contributed by atoms with Gasteiger partial charge in [-0.05, 0) is 39.5 Å². The van der Waals surface area contributed by atoms with Gasteiger partial charge in [0.2, 0.25) is 5.91 Å². The Balaban J connectivity index is 1.90. The third kappa shape index (κ3) is 2.68. The average molecular weight is 320 g/mol. The molecule has 2 saturated heterocycles. The number of nitrogens with zero attached hydrogens (tertiary/aromatic N) is 3. The number of aryl methyl sites for hydroxylation is 2. The molecule has 2 N–H and O–H groups in total. The molecule has 0 aliphatic carbocycles. The highest BCUT2D eigenvalue weighted by Gasteiger charge is 2.45. The smallest absolute Gasteiger partial charge is 0.230 e. The zero-order valence-electron chi connectivity index (χ0n) is 14.5. The Morgan fingerprint density at radius 2 is 2.09 bits per heavy atom. The highest BCUT2D eigenvalue weighted by atomic mass is 16.5. The molecule has 0 spiro atoms. The van der Waals surface area contributed by atoms with Gasteiger partial charge in [0.05, 0.1) is 17.2 Å². The van der Waals surface area contributed by atoms with Gasteiger partial charge in [-0.1, -0.05) is 0 Å². The fraction of sp³-hybridized carbons (Fsp3) is 0.765. The normalized spacial score (nSPS) is 24.2. The summed E-state index contributed by atoms with van der Waals surface area (Å²) in [5, 5.41) is 4.53. The Hall–Kier alpha value is -1.40. The molecule has 0 bridgehead atoms. The van der Waals surface area contributed by atoms with Crippen molar-refractivity contribution < 1.29 is 9.53 Å². The van der Waals surface area contributed by atoms with Crippen LogP contribution in [0.4, 0.5) is 0 Å². The zero-order chi connectivity index (χ0) is 16.6. The summed E-state index contributed by atoms with van der Waals surface area (Å²) in [5.74, 6) is 0.216. The van der Waals surface area contributed by atoms with Gasteiger partial charge in [0.15, 0.2) is 0 Å². The largest absolute Gasteiger partial charge is 0.381 e. The van der Waals surface area contributed by atoms with Gasteiger partial charge in [-0.25, -0.2) is 0 Å². The Kier molecular flexibility index (Phi) is 4.47. The van der Waals surface area contributed by atoms with Crippen LogP contribution in [-0.4, -0.2) is 46.9 Å². The van der Waals surface area contributed by atoms with E-state index in [9.17, 15) is 4.79 Å². The first kappa shape index (κ1) is 16.5. The first-order valence-corrected chi connectivity index (χ1v) is 8.59. The van der Waals surface area contributed by atoms with Crippen LogP contribution >= 0.6 is 0 Å². The van der Waals surface area contributed by atoms with Gasteiger partial charge in [-0.2, -0.15) is 5.10 Å². The minimum atomic E-state index is -0.440. The Morgan fingerprint density at radius 3 is 2.65 bits per heavy atom. The molecule has 1 unspecified atom stereocenters. The van der Waals surface area contributed by atoms with Crippen molar-refractivity contribution in [2.45, 2.75) is 45.6 Å². The van der Waals surface area contributed by atoms with Crippen molar-refractivity contribution in [3.63, 3.8) is 0 Å². The van der Waals surface area contributed by atoms with Gasteiger partial charge in [-0.15, -0.1) is 0 Å². The summed E-state index contributed by atoms with van der Waals surface area (Å²) in [6.45, 7) is 6.61. The lowest BCUT2D eigenvalue weighted by Crippen LogP contribution is -2.50. The summed E-state index contributed by atoms with van der Waals surface area (Å²) in [6.07, 6.45) is 3.52. The van der Waals surface area contributed by atoms with E-state index < -0.39 is 5.41 Å². The van der Waals surface area contributed by atoms with Crippen LogP contribution in [0.2, 0.25) is 0 Å². The van der Waals surface area contributed by atoms with Crippen LogP contribution in [0.25, 0.3) is 0 Å². The first-order valence-electron chi connectivity index (χ1n) is 8.59. The Morgan fingerprint density at radius 1 is 1.39 bits per heavy atom. The number of aromatic nitrogens is 2. The SMILES string of the molecule is Cc1nn(C)c(C)c1C1CCCN1C(=O)C1(CN)CCOCC1. The highest BCUT2D eigenvalue weighted by molar-refractivity contribution is 5.84. The van der Waals surface area contributed by atoms with Crippen LogP contribution in [0.5, 0.6) is 0 Å². The van der Waals surface area contributed by atoms with Crippen molar-refractivity contribution in [1.82, 2.24) is 14.7 Å². The fourth-order valence-corrected chi connectivity index (χ4v) is 4.15. The van der Waals surface area contributed by atoms with E-state index in [1.807, 2.05) is 18.7 Å². The molecule has 1 aromatic rings. The molecule has 2 aliphatic heterocycles. The number of likely N-dealkylation sites (tertiary alicyclic amines) is 1. The standard InChI is InChI=1S/C17H28N4O2/c1-12-15(13(2)20(3)19-12)14-5-4-8-21(14)16(22)17(11-18)6-9-23-10-7-17/h14H,4-11,18H2,1-3H3. The average Bonchev–Trinajstić information content (AvgIpc) is 3.12. The van der Waals surface area contributed by atoms with E-state index in [4.69, 9.17) is 10.5 Å². The van der Waals surface area contributed by atoms with Gasteiger partial charge in [0.1, 0.15) is 0 Å². The van der Waals surface area contributed by atoms with Crippen LogP contribution in [-0.2, 0) is 16.6 Å². The lowest BCUT2D eigenvalue weighted by Gasteiger charge is -2.39. The van der Waals surface area contributed by atoms with Gasteiger partial charge in [0, 0.05) is 44.6 Å². The lowest BCUT2D eigenvalue weighted by molar-refractivity contribution is -0.148. The molecule has 2 fully saturated rings. The molecule has 0 saturated carbocycles. The Labute approximate surface area is 138 Å². The van der Waals surface area contributed by atoms with E-state index >= 15 is 0 Å². The number of rotatable bonds is 3. The Bertz CT molecular complexity index is 590. The quantitative estimate of drug-likeness (QED) is 0.915. The van der Waals surface area contributed by atoms with Crippen LogP contribution in [0.3, 0.4) is 0 Å². The van der Waals surface area contributed by atoms with E-state index in [-0.39, 0.29) is 11.9 Å². The predicted molar refractivity (Wildman–Crippen MR) is 87.9 cm³/mol. The molecule has 1 atom stereocenters. The number of carbonyl (C=O) groups is 1. The molecule has 23 heavy (non-hydrogen) atoms. The molecular weight excluding hydrogens is 292 g/mol. The molecule has 6 heteroatoms. The van der Waals surface area contributed by atoms with E-state index in [0.717, 1.165) is 43.6 Å². The molecule has 2 aliphatic rings.